The Hall–Kier alpha value is -3.36. The third kappa shape index (κ3) is 5.65. The molecular weight excluding hydrogens is 484 g/mol. The maximum absolute atomic E-state index is 13.0. The molecule has 2 aliphatic heterocycles. The van der Waals surface area contributed by atoms with Crippen LogP contribution in [0.5, 0.6) is 5.75 Å². The van der Waals surface area contributed by atoms with E-state index < -0.39 is 0 Å². The summed E-state index contributed by atoms with van der Waals surface area (Å²) < 4.78 is 13.5. The smallest absolute Gasteiger partial charge is 0.286 e. The molecule has 0 N–H and O–H groups in total. The van der Waals surface area contributed by atoms with E-state index in [9.17, 15) is 4.79 Å². The van der Waals surface area contributed by atoms with Crippen LogP contribution in [0.15, 0.2) is 64.6 Å². The van der Waals surface area contributed by atoms with E-state index in [0.29, 0.717) is 11.5 Å². The van der Waals surface area contributed by atoms with Crippen LogP contribution in [-0.4, -0.2) is 57.7 Å². The zero-order chi connectivity index (χ0) is 25.9. The fourth-order valence-electron chi connectivity index (χ4n) is 4.64. The molecule has 3 aromatic rings. The van der Waals surface area contributed by atoms with E-state index in [2.05, 4.69) is 23.7 Å². The molecule has 1 fully saturated rings. The van der Waals surface area contributed by atoms with Crippen molar-refractivity contribution in [3.8, 4) is 22.7 Å². The van der Waals surface area contributed by atoms with Gasteiger partial charge in [-0.2, -0.15) is 10.1 Å². The van der Waals surface area contributed by atoms with Crippen molar-refractivity contribution in [3.63, 3.8) is 0 Å². The number of carbonyl (C=O) groups is 1. The normalized spacial score (nSPS) is 21.0. The predicted octanol–water partition coefficient (Wildman–Crippen LogP) is 5.72. The van der Waals surface area contributed by atoms with Gasteiger partial charge in [0.25, 0.3) is 5.91 Å². The largest absolute Gasteiger partial charge is 0.494 e. The maximum atomic E-state index is 13.0. The second kappa shape index (κ2) is 10.9. The van der Waals surface area contributed by atoms with E-state index in [1.807, 2.05) is 79.3 Å². The molecule has 1 aromatic heterocycles. The Morgan fingerprint density at radius 1 is 1.14 bits per heavy atom. The van der Waals surface area contributed by atoms with Crippen molar-refractivity contribution in [2.45, 2.75) is 46.3 Å². The Morgan fingerprint density at radius 3 is 2.59 bits per heavy atom. The van der Waals surface area contributed by atoms with Gasteiger partial charge in [0.15, 0.2) is 5.17 Å². The summed E-state index contributed by atoms with van der Waals surface area (Å²) in [6.45, 7) is 10.4. The molecule has 0 aliphatic carbocycles. The number of benzene rings is 2. The number of ether oxygens (including phenoxy) is 2. The second-order valence-corrected chi connectivity index (χ2v) is 10.5. The van der Waals surface area contributed by atoms with Gasteiger partial charge in [0.2, 0.25) is 0 Å². The zero-order valence-electron chi connectivity index (χ0n) is 21.7. The molecule has 3 heterocycles. The molecule has 5 rings (SSSR count). The van der Waals surface area contributed by atoms with Crippen LogP contribution in [0.25, 0.3) is 23.0 Å². The highest BCUT2D eigenvalue weighted by molar-refractivity contribution is 8.18. The summed E-state index contributed by atoms with van der Waals surface area (Å²) in [5, 5.41) is 5.69. The van der Waals surface area contributed by atoms with Gasteiger partial charge in [0.1, 0.15) is 11.4 Å². The first kappa shape index (κ1) is 25.3. The summed E-state index contributed by atoms with van der Waals surface area (Å²) in [7, 11) is 0. The van der Waals surface area contributed by atoms with E-state index in [1.165, 1.54) is 11.8 Å². The molecule has 2 aliphatic rings. The summed E-state index contributed by atoms with van der Waals surface area (Å²) in [6.07, 6.45) is 5.04. The Balaban J connectivity index is 1.49. The molecule has 2 unspecified atom stereocenters. The third-order valence-corrected chi connectivity index (χ3v) is 7.32. The lowest BCUT2D eigenvalue weighted by Gasteiger charge is -2.35. The van der Waals surface area contributed by atoms with Gasteiger partial charge in [0.05, 0.1) is 29.4 Å². The van der Waals surface area contributed by atoms with Crippen molar-refractivity contribution in [1.82, 2.24) is 14.7 Å². The number of nitrogens with zero attached hydrogens (tertiary/aromatic N) is 4. The van der Waals surface area contributed by atoms with Gasteiger partial charge in [-0.25, -0.2) is 4.68 Å². The first-order chi connectivity index (χ1) is 17.9. The Labute approximate surface area is 222 Å². The first-order valence-electron chi connectivity index (χ1n) is 12.7. The number of para-hydroxylation sites is 1. The third-order valence-electron chi connectivity index (χ3n) is 6.28. The van der Waals surface area contributed by atoms with Crippen LogP contribution in [0, 0.1) is 6.92 Å². The molecule has 2 atom stereocenters. The summed E-state index contributed by atoms with van der Waals surface area (Å²) >= 11 is 1.42. The molecule has 0 saturated carbocycles. The monoisotopic (exact) mass is 516 g/mol. The van der Waals surface area contributed by atoms with Crippen LogP contribution in [0.4, 0.5) is 0 Å². The van der Waals surface area contributed by atoms with Crippen molar-refractivity contribution < 1.29 is 14.3 Å². The number of thioether (sulfide) groups is 1. The minimum Gasteiger partial charge on any atom is -0.494 e. The van der Waals surface area contributed by atoms with Crippen molar-refractivity contribution >= 4 is 28.9 Å². The van der Waals surface area contributed by atoms with Crippen LogP contribution >= 0.6 is 11.8 Å². The zero-order valence-corrected chi connectivity index (χ0v) is 22.5. The number of aromatic nitrogens is 2. The van der Waals surface area contributed by atoms with Crippen LogP contribution < -0.4 is 4.74 Å². The van der Waals surface area contributed by atoms with Gasteiger partial charge in [0, 0.05) is 30.4 Å². The van der Waals surface area contributed by atoms with Gasteiger partial charge in [-0.15, -0.1) is 0 Å². The Morgan fingerprint density at radius 2 is 1.89 bits per heavy atom. The van der Waals surface area contributed by atoms with Crippen molar-refractivity contribution in [1.29, 1.82) is 0 Å². The fraction of sp³-hybridized carbons (Fsp3) is 0.345. The summed E-state index contributed by atoms with van der Waals surface area (Å²) in [6, 6.07) is 16.0. The number of carbonyl (C=O) groups excluding carboxylic acids is 1. The number of morpholine rings is 1. The van der Waals surface area contributed by atoms with Gasteiger partial charge < -0.3 is 14.4 Å². The molecule has 7 nitrogen and oxygen atoms in total. The van der Waals surface area contributed by atoms with E-state index in [-0.39, 0.29) is 18.1 Å². The van der Waals surface area contributed by atoms with E-state index in [0.717, 1.165) is 58.5 Å². The Kier molecular flexibility index (Phi) is 7.48. The van der Waals surface area contributed by atoms with E-state index in [4.69, 9.17) is 14.6 Å². The molecule has 2 aromatic carbocycles. The molecule has 0 bridgehead atoms. The van der Waals surface area contributed by atoms with E-state index in [1.54, 1.807) is 0 Å². The Bertz CT molecular complexity index is 1340. The van der Waals surface area contributed by atoms with Crippen LogP contribution in [0.3, 0.4) is 0 Å². The highest BCUT2D eigenvalue weighted by Gasteiger charge is 2.31. The van der Waals surface area contributed by atoms with E-state index >= 15 is 0 Å². The van der Waals surface area contributed by atoms with Gasteiger partial charge in [-0.1, -0.05) is 25.1 Å². The van der Waals surface area contributed by atoms with Gasteiger partial charge >= 0.3 is 0 Å². The fourth-order valence-corrected chi connectivity index (χ4v) is 5.56. The molecular formula is C29H32N4O3S. The lowest BCUT2D eigenvalue weighted by molar-refractivity contribution is -0.113. The lowest BCUT2D eigenvalue weighted by Crippen LogP contribution is -2.47. The molecule has 1 saturated heterocycles. The average molecular weight is 517 g/mol. The topological polar surface area (TPSA) is 68.9 Å². The summed E-state index contributed by atoms with van der Waals surface area (Å²) in [4.78, 5) is 20.1. The number of hydrogen-bond donors (Lipinski definition) is 0. The molecule has 37 heavy (non-hydrogen) atoms. The molecule has 0 radical (unpaired) electrons. The highest BCUT2D eigenvalue weighted by atomic mass is 32.2. The maximum Gasteiger partial charge on any atom is 0.286 e. The van der Waals surface area contributed by atoms with Crippen LogP contribution in [-0.2, 0) is 9.53 Å². The predicted molar refractivity (Wildman–Crippen MR) is 149 cm³/mol. The van der Waals surface area contributed by atoms with Crippen molar-refractivity contribution in [3.05, 3.63) is 70.8 Å². The average Bonchev–Trinajstić information content (AvgIpc) is 3.46. The molecule has 0 spiro atoms. The number of aliphatic imine (C=N–C) groups is 1. The number of amides is 1. The van der Waals surface area contributed by atoms with Gasteiger partial charge in [-0.05, 0) is 80.9 Å². The lowest BCUT2D eigenvalue weighted by atomic mass is 10.0. The summed E-state index contributed by atoms with van der Waals surface area (Å²) in [5.74, 6) is 0.629. The number of aryl methyl sites for hydroxylation is 1. The minimum absolute atomic E-state index is 0.0955. The highest BCUT2D eigenvalue weighted by Crippen LogP contribution is 2.35. The quantitative estimate of drug-likeness (QED) is 0.391. The minimum atomic E-state index is -0.217. The number of rotatable bonds is 6. The summed E-state index contributed by atoms with van der Waals surface area (Å²) in [5.41, 5.74) is 4.69. The van der Waals surface area contributed by atoms with Crippen molar-refractivity contribution in [2.24, 2.45) is 4.99 Å². The standard InChI is InChI=1S/C29H32N4O3S/c1-5-13-35-24-11-12-25(19(2)14-24)27-22(18-33(31-27)23-9-7-6-8-10-23)15-26-28(34)30-29(37-26)32-16-20(3)36-21(4)17-32/h6-12,14-15,18,20-21H,5,13,16-17H2,1-4H3. The second-order valence-electron chi connectivity index (χ2n) is 9.51. The first-order valence-corrected chi connectivity index (χ1v) is 13.5. The van der Waals surface area contributed by atoms with Gasteiger partial charge in [-0.3, -0.25) is 4.79 Å². The number of amidine groups is 1. The molecule has 8 heteroatoms. The molecule has 1 amide bonds. The SMILES string of the molecule is CCCOc1ccc(-c2nn(-c3ccccc3)cc2C=C2SC(N3CC(C)OC(C)C3)=NC2=O)c(C)c1. The van der Waals surface area contributed by atoms with Crippen LogP contribution in [0.1, 0.15) is 38.3 Å². The van der Waals surface area contributed by atoms with Crippen LogP contribution in [0.2, 0.25) is 0 Å². The molecule has 192 valence electrons. The van der Waals surface area contributed by atoms with Crippen molar-refractivity contribution in [2.75, 3.05) is 19.7 Å². The number of hydrogen-bond acceptors (Lipinski definition) is 6.